The summed E-state index contributed by atoms with van der Waals surface area (Å²) in [5.41, 5.74) is 0.730. The maximum absolute atomic E-state index is 11.8. The molecule has 1 aromatic carbocycles. The van der Waals surface area contributed by atoms with Gasteiger partial charge in [0.15, 0.2) is 0 Å². The lowest BCUT2D eigenvalue weighted by atomic mass is 9.99. The van der Waals surface area contributed by atoms with Gasteiger partial charge in [-0.3, -0.25) is 4.79 Å². The highest BCUT2D eigenvalue weighted by Crippen LogP contribution is 2.16. The lowest BCUT2D eigenvalue weighted by Gasteiger charge is -2.21. The Morgan fingerprint density at radius 2 is 2.06 bits per heavy atom. The highest BCUT2D eigenvalue weighted by Gasteiger charge is 2.20. The molecule has 0 spiro atoms. The van der Waals surface area contributed by atoms with Gasteiger partial charge in [-0.1, -0.05) is 0 Å². The van der Waals surface area contributed by atoms with Crippen LogP contribution in [0, 0.1) is 5.92 Å². The zero-order chi connectivity index (χ0) is 11.4. The molecule has 1 saturated heterocycles. The summed E-state index contributed by atoms with van der Waals surface area (Å²) in [6, 6.07) is 6.52. The number of halogens is 1. The van der Waals surface area contributed by atoms with Gasteiger partial charge in [0.2, 0.25) is 5.91 Å². The number of phenolic OH excluding ortho intramolecular Hbond substituents is 1. The van der Waals surface area contributed by atoms with E-state index in [1.165, 1.54) is 0 Å². The van der Waals surface area contributed by atoms with Crippen molar-refractivity contribution in [1.82, 2.24) is 5.32 Å². The number of piperidine rings is 1. The van der Waals surface area contributed by atoms with E-state index in [-0.39, 0.29) is 30.0 Å². The molecule has 2 rings (SSSR count). The number of aromatic hydroxyl groups is 1. The third kappa shape index (κ3) is 3.91. The molecule has 1 aliphatic rings. The minimum absolute atomic E-state index is 0. The fraction of sp³-hybridized carbons (Fsp3) is 0.417. The summed E-state index contributed by atoms with van der Waals surface area (Å²) in [6.45, 7) is 1.76. The summed E-state index contributed by atoms with van der Waals surface area (Å²) < 4.78 is 0. The van der Waals surface area contributed by atoms with Crippen molar-refractivity contribution >= 4 is 24.0 Å². The largest absolute Gasteiger partial charge is 0.508 e. The zero-order valence-electron chi connectivity index (χ0n) is 9.48. The Kier molecular flexibility index (Phi) is 5.25. The number of anilines is 1. The first-order valence-electron chi connectivity index (χ1n) is 5.56. The van der Waals surface area contributed by atoms with E-state index in [2.05, 4.69) is 10.6 Å². The van der Waals surface area contributed by atoms with Gasteiger partial charge in [0.25, 0.3) is 0 Å². The van der Waals surface area contributed by atoms with Gasteiger partial charge < -0.3 is 15.7 Å². The van der Waals surface area contributed by atoms with Crippen molar-refractivity contribution in [3.63, 3.8) is 0 Å². The van der Waals surface area contributed by atoms with Crippen molar-refractivity contribution in [2.45, 2.75) is 12.8 Å². The Labute approximate surface area is 107 Å². The van der Waals surface area contributed by atoms with E-state index >= 15 is 0 Å². The van der Waals surface area contributed by atoms with Crippen molar-refractivity contribution in [2.24, 2.45) is 5.92 Å². The number of benzene rings is 1. The predicted octanol–water partition coefficient (Wildman–Crippen LogP) is 1.75. The van der Waals surface area contributed by atoms with Gasteiger partial charge in [0.05, 0.1) is 5.92 Å². The van der Waals surface area contributed by atoms with Crippen LogP contribution in [0.3, 0.4) is 0 Å². The second-order valence-corrected chi connectivity index (χ2v) is 4.08. The van der Waals surface area contributed by atoms with Crippen LogP contribution in [0.15, 0.2) is 24.3 Å². The average molecular weight is 257 g/mol. The lowest BCUT2D eigenvalue weighted by molar-refractivity contribution is -0.120. The van der Waals surface area contributed by atoms with Crippen LogP contribution in [0.5, 0.6) is 5.75 Å². The highest BCUT2D eigenvalue weighted by molar-refractivity contribution is 5.92. The van der Waals surface area contributed by atoms with Crippen LogP contribution < -0.4 is 10.6 Å². The van der Waals surface area contributed by atoms with Gasteiger partial charge in [-0.15, -0.1) is 12.4 Å². The first-order valence-corrected chi connectivity index (χ1v) is 5.56. The maximum Gasteiger partial charge on any atom is 0.228 e. The summed E-state index contributed by atoms with van der Waals surface area (Å²) >= 11 is 0. The van der Waals surface area contributed by atoms with Gasteiger partial charge >= 0.3 is 0 Å². The number of carbonyl (C=O) groups excluding carboxylic acids is 1. The highest BCUT2D eigenvalue weighted by atomic mass is 35.5. The van der Waals surface area contributed by atoms with Crippen LogP contribution in [-0.4, -0.2) is 24.1 Å². The van der Waals surface area contributed by atoms with Crippen molar-refractivity contribution in [2.75, 3.05) is 18.4 Å². The van der Waals surface area contributed by atoms with Gasteiger partial charge in [-0.25, -0.2) is 0 Å². The number of rotatable bonds is 2. The molecule has 1 aromatic rings. The van der Waals surface area contributed by atoms with Crippen molar-refractivity contribution < 1.29 is 9.90 Å². The van der Waals surface area contributed by atoms with E-state index < -0.39 is 0 Å². The molecule has 0 radical (unpaired) electrons. The summed E-state index contributed by atoms with van der Waals surface area (Å²) in [5.74, 6) is 0.317. The summed E-state index contributed by atoms with van der Waals surface area (Å²) in [7, 11) is 0. The Hall–Kier alpha value is -1.26. The van der Waals surface area contributed by atoms with Gasteiger partial charge in [0, 0.05) is 12.2 Å². The summed E-state index contributed by atoms with van der Waals surface area (Å²) in [5, 5.41) is 15.2. The van der Waals surface area contributed by atoms with Crippen molar-refractivity contribution in [3.05, 3.63) is 24.3 Å². The predicted molar refractivity (Wildman–Crippen MR) is 69.6 cm³/mol. The van der Waals surface area contributed by atoms with Gasteiger partial charge in [-0.05, 0) is 43.7 Å². The number of amides is 1. The number of nitrogens with one attached hydrogen (secondary N) is 2. The van der Waals surface area contributed by atoms with E-state index in [1.54, 1.807) is 24.3 Å². The second kappa shape index (κ2) is 6.47. The van der Waals surface area contributed by atoms with Crippen molar-refractivity contribution in [1.29, 1.82) is 0 Å². The van der Waals surface area contributed by atoms with Crippen LogP contribution in [0.2, 0.25) is 0 Å². The summed E-state index contributed by atoms with van der Waals surface area (Å²) in [4.78, 5) is 11.8. The van der Waals surface area contributed by atoms with E-state index in [0.717, 1.165) is 31.6 Å². The molecule has 0 bridgehead atoms. The maximum atomic E-state index is 11.8. The van der Waals surface area contributed by atoms with E-state index in [1.807, 2.05) is 0 Å². The monoisotopic (exact) mass is 256 g/mol. The Balaban J connectivity index is 0.00000144. The van der Waals surface area contributed by atoms with E-state index in [0.29, 0.717) is 0 Å². The molecule has 0 saturated carbocycles. The Morgan fingerprint density at radius 3 is 2.65 bits per heavy atom. The lowest BCUT2D eigenvalue weighted by Crippen LogP contribution is -2.37. The smallest absolute Gasteiger partial charge is 0.228 e. The minimum atomic E-state index is 0. The van der Waals surface area contributed by atoms with Crippen LogP contribution in [0.4, 0.5) is 5.69 Å². The topological polar surface area (TPSA) is 61.4 Å². The van der Waals surface area contributed by atoms with E-state index in [9.17, 15) is 4.79 Å². The normalized spacial score (nSPS) is 19.2. The SMILES string of the molecule is Cl.O=C(Nc1ccc(O)cc1)[C@@H]1CCCNC1. The average Bonchev–Trinajstić information content (AvgIpc) is 2.33. The first kappa shape index (κ1) is 13.8. The molecular weight excluding hydrogens is 240 g/mol. The Morgan fingerprint density at radius 1 is 1.35 bits per heavy atom. The fourth-order valence-electron chi connectivity index (χ4n) is 1.86. The quantitative estimate of drug-likeness (QED) is 0.707. The number of hydrogen-bond acceptors (Lipinski definition) is 3. The van der Waals surface area contributed by atoms with Crippen LogP contribution >= 0.6 is 12.4 Å². The van der Waals surface area contributed by atoms with Crippen LogP contribution in [-0.2, 0) is 4.79 Å². The van der Waals surface area contributed by atoms with Crippen molar-refractivity contribution in [3.8, 4) is 5.75 Å². The molecule has 0 aromatic heterocycles. The molecule has 1 fully saturated rings. The number of hydrogen-bond donors (Lipinski definition) is 3. The fourth-order valence-corrected chi connectivity index (χ4v) is 1.86. The molecule has 3 N–H and O–H groups in total. The molecule has 1 amide bonds. The molecule has 94 valence electrons. The minimum Gasteiger partial charge on any atom is -0.508 e. The van der Waals surface area contributed by atoms with Gasteiger partial charge in [0.1, 0.15) is 5.75 Å². The van der Waals surface area contributed by atoms with E-state index in [4.69, 9.17) is 5.11 Å². The molecule has 5 heteroatoms. The molecule has 17 heavy (non-hydrogen) atoms. The zero-order valence-corrected chi connectivity index (χ0v) is 10.3. The number of phenols is 1. The third-order valence-electron chi connectivity index (χ3n) is 2.80. The molecular formula is C12H17ClN2O2. The molecule has 0 unspecified atom stereocenters. The second-order valence-electron chi connectivity index (χ2n) is 4.08. The van der Waals surface area contributed by atoms with Gasteiger partial charge in [-0.2, -0.15) is 0 Å². The first-order chi connectivity index (χ1) is 7.75. The molecule has 4 nitrogen and oxygen atoms in total. The molecule has 1 atom stereocenters. The standard InChI is InChI=1S/C12H16N2O2.ClH/c15-11-5-3-10(4-6-11)14-12(16)9-2-1-7-13-8-9;/h3-6,9,13,15H,1-2,7-8H2,(H,14,16);1H/t9-;/m1./s1. The van der Waals surface area contributed by atoms with Crippen LogP contribution in [0.1, 0.15) is 12.8 Å². The summed E-state index contributed by atoms with van der Waals surface area (Å²) in [6.07, 6.45) is 1.99. The molecule has 0 aliphatic carbocycles. The third-order valence-corrected chi connectivity index (χ3v) is 2.80. The molecule has 1 aliphatic heterocycles. The number of carbonyl (C=O) groups is 1. The Bertz CT molecular complexity index is 361. The van der Waals surface area contributed by atoms with Crippen LogP contribution in [0.25, 0.3) is 0 Å². The molecule has 1 heterocycles.